The third kappa shape index (κ3) is 3.79. The standard InChI is InChI=1S/C18H20ClN7O2/c1-11-21-15-16(22-11)23-18(20)24-17(15)26-8-6-25(7-9-26)14(27)10-28-13-4-2-12(19)3-5-13/h2-5H,6-10H2,1H3,(H3,20,21,22,23,24). The highest BCUT2D eigenvalue weighted by molar-refractivity contribution is 6.30. The van der Waals surface area contributed by atoms with Crippen LogP contribution < -0.4 is 15.4 Å². The molecular formula is C18H20ClN7O2. The maximum absolute atomic E-state index is 12.4. The molecule has 0 bridgehead atoms. The maximum Gasteiger partial charge on any atom is 0.260 e. The van der Waals surface area contributed by atoms with Crippen molar-refractivity contribution in [2.24, 2.45) is 0 Å². The lowest BCUT2D eigenvalue weighted by atomic mass is 10.3. The predicted octanol–water partition coefficient (Wildman–Crippen LogP) is 1.62. The molecule has 10 heteroatoms. The second-order valence-electron chi connectivity index (χ2n) is 6.54. The van der Waals surface area contributed by atoms with Crippen LogP contribution in [0.4, 0.5) is 11.8 Å². The fourth-order valence-corrected chi connectivity index (χ4v) is 3.30. The number of H-pyrrole nitrogens is 1. The van der Waals surface area contributed by atoms with E-state index in [0.717, 1.165) is 5.82 Å². The van der Waals surface area contributed by atoms with Crippen molar-refractivity contribution in [3.8, 4) is 5.75 Å². The van der Waals surface area contributed by atoms with Gasteiger partial charge < -0.3 is 25.3 Å². The molecule has 3 heterocycles. The molecule has 3 aromatic rings. The number of carbonyl (C=O) groups is 1. The molecule has 0 radical (unpaired) electrons. The third-order valence-corrected chi connectivity index (χ3v) is 4.82. The second kappa shape index (κ2) is 7.51. The number of amides is 1. The van der Waals surface area contributed by atoms with Gasteiger partial charge in [0.05, 0.1) is 0 Å². The Hall–Kier alpha value is -3.07. The van der Waals surface area contributed by atoms with E-state index in [-0.39, 0.29) is 18.5 Å². The number of aromatic nitrogens is 4. The van der Waals surface area contributed by atoms with Crippen LogP contribution in [0.15, 0.2) is 24.3 Å². The number of imidazole rings is 1. The van der Waals surface area contributed by atoms with Crippen molar-refractivity contribution >= 4 is 40.4 Å². The molecule has 0 spiro atoms. The molecule has 1 aliphatic rings. The van der Waals surface area contributed by atoms with Crippen molar-refractivity contribution in [3.05, 3.63) is 35.1 Å². The number of hydrogen-bond acceptors (Lipinski definition) is 7. The summed E-state index contributed by atoms with van der Waals surface area (Å²) in [5.41, 5.74) is 7.15. The van der Waals surface area contributed by atoms with Gasteiger partial charge in [0.2, 0.25) is 5.95 Å². The first-order chi connectivity index (χ1) is 13.5. The number of anilines is 2. The average molecular weight is 402 g/mol. The summed E-state index contributed by atoms with van der Waals surface area (Å²) in [7, 11) is 0. The zero-order valence-corrected chi connectivity index (χ0v) is 16.1. The summed E-state index contributed by atoms with van der Waals surface area (Å²) in [6.45, 7) is 4.24. The molecule has 4 rings (SSSR count). The normalized spacial score (nSPS) is 14.5. The number of ether oxygens (including phenoxy) is 1. The van der Waals surface area contributed by atoms with E-state index in [1.807, 2.05) is 6.92 Å². The van der Waals surface area contributed by atoms with Crippen molar-refractivity contribution in [3.63, 3.8) is 0 Å². The molecule has 0 unspecified atom stereocenters. The van der Waals surface area contributed by atoms with Gasteiger partial charge in [-0.2, -0.15) is 9.97 Å². The minimum absolute atomic E-state index is 0.00903. The van der Waals surface area contributed by atoms with Crippen molar-refractivity contribution in [2.45, 2.75) is 6.92 Å². The quantitative estimate of drug-likeness (QED) is 0.682. The summed E-state index contributed by atoms with van der Waals surface area (Å²) < 4.78 is 5.55. The first-order valence-electron chi connectivity index (χ1n) is 8.90. The first kappa shape index (κ1) is 18.3. The molecule has 28 heavy (non-hydrogen) atoms. The third-order valence-electron chi connectivity index (χ3n) is 4.57. The van der Waals surface area contributed by atoms with Crippen LogP contribution in [0, 0.1) is 6.92 Å². The largest absolute Gasteiger partial charge is 0.484 e. The molecule has 1 fully saturated rings. The van der Waals surface area contributed by atoms with Gasteiger partial charge in [0.1, 0.15) is 11.6 Å². The van der Waals surface area contributed by atoms with Gasteiger partial charge in [-0.25, -0.2) is 4.98 Å². The Balaban J connectivity index is 1.38. The minimum Gasteiger partial charge on any atom is -0.484 e. The topological polar surface area (TPSA) is 113 Å². The number of rotatable bonds is 4. The number of halogens is 1. The number of carbonyl (C=O) groups excluding carboxylic acids is 1. The molecule has 1 amide bonds. The molecular weight excluding hydrogens is 382 g/mol. The smallest absolute Gasteiger partial charge is 0.260 e. The van der Waals surface area contributed by atoms with E-state index in [2.05, 4.69) is 24.8 Å². The van der Waals surface area contributed by atoms with E-state index in [0.29, 0.717) is 53.9 Å². The van der Waals surface area contributed by atoms with Crippen molar-refractivity contribution in [2.75, 3.05) is 43.4 Å². The van der Waals surface area contributed by atoms with Gasteiger partial charge in [-0.15, -0.1) is 0 Å². The number of nitrogens with zero attached hydrogens (tertiary/aromatic N) is 5. The number of nitrogens with one attached hydrogen (secondary N) is 1. The number of piperazine rings is 1. The van der Waals surface area contributed by atoms with Crippen LogP contribution in [-0.2, 0) is 4.79 Å². The van der Waals surface area contributed by atoms with Crippen LogP contribution >= 0.6 is 11.6 Å². The van der Waals surface area contributed by atoms with Crippen molar-refractivity contribution in [1.82, 2.24) is 24.8 Å². The van der Waals surface area contributed by atoms with Gasteiger partial charge in [0.25, 0.3) is 5.91 Å². The summed E-state index contributed by atoms with van der Waals surface area (Å²) in [5.74, 6) is 2.20. The van der Waals surface area contributed by atoms with Crippen molar-refractivity contribution in [1.29, 1.82) is 0 Å². The molecule has 146 valence electrons. The van der Waals surface area contributed by atoms with Crippen LogP contribution in [0.25, 0.3) is 11.2 Å². The monoisotopic (exact) mass is 401 g/mol. The SMILES string of the molecule is Cc1nc2c(N3CCN(C(=O)COc4ccc(Cl)cc4)CC3)nc(N)nc2[nH]1. The van der Waals surface area contributed by atoms with Crippen LogP contribution in [0.1, 0.15) is 5.82 Å². The van der Waals surface area contributed by atoms with Gasteiger partial charge in [-0.05, 0) is 31.2 Å². The number of benzene rings is 1. The second-order valence-corrected chi connectivity index (χ2v) is 6.97. The van der Waals surface area contributed by atoms with E-state index in [1.165, 1.54) is 0 Å². The molecule has 0 aliphatic carbocycles. The summed E-state index contributed by atoms with van der Waals surface area (Å²) >= 11 is 5.85. The van der Waals surface area contributed by atoms with Gasteiger partial charge in [-0.1, -0.05) is 11.6 Å². The van der Waals surface area contributed by atoms with E-state index in [1.54, 1.807) is 29.2 Å². The van der Waals surface area contributed by atoms with Crippen molar-refractivity contribution < 1.29 is 9.53 Å². The molecule has 1 aliphatic heterocycles. The van der Waals surface area contributed by atoms with Crippen LogP contribution in [0.3, 0.4) is 0 Å². The van der Waals surface area contributed by atoms with Crippen LogP contribution in [0.2, 0.25) is 5.02 Å². The van der Waals surface area contributed by atoms with E-state index in [4.69, 9.17) is 22.1 Å². The van der Waals surface area contributed by atoms with E-state index in [9.17, 15) is 4.79 Å². The summed E-state index contributed by atoms with van der Waals surface area (Å²) in [4.78, 5) is 32.4. The van der Waals surface area contributed by atoms with Gasteiger partial charge in [-0.3, -0.25) is 4.79 Å². The lowest BCUT2D eigenvalue weighted by molar-refractivity contribution is -0.133. The lowest BCUT2D eigenvalue weighted by Gasteiger charge is -2.35. The lowest BCUT2D eigenvalue weighted by Crippen LogP contribution is -2.50. The molecule has 1 saturated heterocycles. The molecule has 1 aromatic carbocycles. The van der Waals surface area contributed by atoms with Crippen LogP contribution in [0.5, 0.6) is 5.75 Å². The Morgan fingerprint density at radius 2 is 1.89 bits per heavy atom. The number of aryl methyl sites for hydroxylation is 1. The Kier molecular flexibility index (Phi) is 4.91. The predicted molar refractivity (Wildman–Crippen MR) is 107 cm³/mol. The first-order valence-corrected chi connectivity index (χ1v) is 9.28. The minimum atomic E-state index is -0.0578. The molecule has 2 aromatic heterocycles. The fraction of sp³-hybridized carbons (Fsp3) is 0.333. The highest BCUT2D eigenvalue weighted by Crippen LogP contribution is 2.24. The summed E-state index contributed by atoms with van der Waals surface area (Å²) in [5, 5.41) is 0.626. The molecule has 9 nitrogen and oxygen atoms in total. The highest BCUT2D eigenvalue weighted by Gasteiger charge is 2.25. The maximum atomic E-state index is 12.4. The zero-order valence-electron chi connectivity index (χ0n) is 15.4. The number of nitrogens with two attached hydrogens (primary N) is 1. The molecule has 0 saturated carbocycles. The Bertz CT molecular complexity index is 997. The molecule has 0 atom stereocenters. The Morgan fingerprint density at radius 3 is 2.61 bits per heavy atom. The Labute approximate surface area is 166 Å². The summed E-state index contributed by atoms with van der Waals surface area (Å²) in [6, 6.07) is 6.93. The van der Waals surface area contributed by atoms with Gasteiger partial charge in [0, 0.05) is 31.2 Å². The van der Waals surface area contributed by atoms with Gasteiger partial charge in [0.15, 0.2) is 23.6 Å². The highest BCUT2D eigenvalue weighted by atomic mass is 35.5. The Morgan fingerprint density at radius 1 is 1.18 bits per heavy atom. The summed E-state index contributed by atoms with van der Waals surface area (Å²) in [6.07, 6.45) is 0. The van der Waals surface area contributed by atoms with E-state index >= 15 is 0 Å². The fourth-order valence-electron chi connectivity index (χ4n) is 3.17. The number of nitrogen functional groups attached to an aromatic ring is 1. The zero-order chi connectivity index (χ0) is 19.7. The number of hydrogen-bond donors (Lipinski definition) is 2. The molecule has 3 N–H and O–H groups in total. The van der Waals surface area contributed by atoms with Crippen LogP contribution in [-0.4, -0.2) is 63.5 Å². The number of fused-ring (bicyclic) bond motifs is 1. The van der Waals surface area contributed by atoms with Gasteiger partial charge >= 0.3 is 0 Å². The number of aromatic amines is 1. The average Bonchev–Trinajstić information content (AvgIpc) is 3.06. The van der Waals surface area contributed by atoms with E-state index < -0.39 is 0 Å².